The number of aromatic nitrogens is 1. The van der Waals surface area contributed by atoms with E-state index in [1.54, 1.807) is 11.6 Å². The highest BCUT2D eigenvalue weighted by Gasteiger charge is 2.17. The van der Waals surface area contributed by atoms with Gasteiger partial charge in [0.05, 0.1) is 6.61 Å². The molecule has 0 atom stereocenters. The zero-order valence-electron chi connectivity index (χ0n) is 8.00. The van der Waals surface area contributed by atoms with Crippen LogP contribution in [0.2, 0.25) is 0 Å². The minimum atomic E-state index is -3.87. The van der Waals surface area contributed by atoms with Crippen LogP contribution in [0.1, 0.15) is 6.92 Å². The predicted molar refractivity (Wildman–Crippen MR) is 51.6 cm³/mol. The third-order valence-corrected chi connectivity index (χ3v) is 2.74. The molecule has 0 fully saturated rings. The normalized spacial score (nSPS) is 10.7. The molecule has 0 bridgehead atoms. The molecule has 0 unspecified atom stereocenters. The summed E-state index contributed by atoms with van der Waals surface area (Å²) >= 11 is 0. The predicted octanol–water partition coefficient (Wildman–Crippen LogP) is 0.516. The van der Waals surface area contributed by atoms with Crippen molar-refractivity contribution in [2.24, 2.45) is 0 Å². The van der Waals surface area contributed by atoms with E-state index in [2.05, 4.69) is 9.72 Å². The second-order valence-corrected chi connectivity index (χ2v) is 4.20. The summed E-state index contributed by atoms with van der Waals surface area (Å²) in [5.74, 6) is 0. The van der Waals surface area contributed by atoms with Crippen LogP contribution >= 0.6 is 0 Å². The zero-order valence-corrected chi connectivity index (χ0v) is 8.82. The smallest absolute Gasteiger partial charge is 0.421 e. The highest BCUT2D eigenvalue weighted by molar-refractivity contribution is 7.90. The van der Waals surface area contributed by atoms with E-state index in [9.17, 15) is 13.2 Å². The van der Waals surface area contributed by atoms with Gasteiger partial charge in [-0.1, -0.05) is 0 Å². The molecule has 0 saturated heterocycles. The molecule has 82 valence electrons. The number of carbonyl (C=O) groups is 1. The molecular formula is C8H10N2O4S. The van der Waals surface area contributed by atoms with Gasteiger partial charge in [0.15, 0.2) is 0 Å². The number of hydrogen-bond acceptors (Lipinski definition) is 5. The van der Waals surface area contributed by atoms with Crippen molar-refractivity contribution >= 4 is 16.1 Å². The molecule has 7 heteroatoms. The number of nitrogens with zero attached hydrogens (tertiary/aromatic N) is 1. The SMILES string of the molecule is CCOC(=O)NS(=O)(=O)c1cccnc1. The molecule has 0 saturated carbocycles. The Morgan fingerprint density at radius 2 is 2.33 bits per heavy atom. The van der Waals surface area contributed by atoms with Crippen molar-refractivity contribution in [3.8, 4) is 0 Å². The summed E-state index contributed by atoms with van der Waals surface area (Å²) in [6, 6.07) is 2.79. The molecule has 0 aliphatic heterocycles. The van der Waals surface area contributed by atoms with E-state index in [1.165, 1.54) is 18.3 Å². The lowest BCUT2D eigenvalue weighted by Gasteiger charge is -2.05. The summed E-state index contributed by atoms with van der Waals surface area (Å²) in [6.07, 6.45) is 1.58. The molecular weight excluding hydrogens is 220 g/mol. The third-order valence-electron chi connectivity index (χ3n) is 1.44. The number of amides is 1. The fraction of sp³-hybridized carbons (Fsp3) is 0.250. The van der Waals surface area contributed by atoms with Gasteiger partial charge in [0.2, 0.25) is 0 Å². The lowest BCUT2D eigenvalue weighted by Crippen LogP contribution is -2.31. The number of hydrogen-bond donors (Lipinski definition) is 1. The van der Waals surface area contributed by atoms with Crippen LogP contribution in [0.4, 0.5) is 4.79 Å². The molecule has 0 spiro atoms. The van der Waals surface area contributed by atoms with Crippen LogP contribution < -0.4 is 4.72 Å². The maximum Gasteiger partial charge on any atom is 0.421 e. The number of ether oxygens (including phenoxy) is 1. The Labute approximate surface area is 87.3 Å². The second kappa shape index (κ2) is 4.74. The van der Waals surface area contributed by atoms with Gasteiger partial charge >= 0.3 is 6.09 Å². The van der Waals surface area contributed by atoms with E-state index in [-0.39, 0.29) is 11.5 Å². The fourth-order valence-corrected chi connectivity index (χ4v) is 1.69. The van der Waals surface area contributed by atoms with Crippen molar-refractivity contribution in [1.82, 2.24) is 9.71 Å². The Hall–Kier alpha value is -1.63. The first kappa shape index (κ1) is 11.4. The van der Waals surface area contributed by atoms with Crippen molar-refractivity contribution in [2.75, 3.05) is 6.61 Å². The van der Waals surface area contributed by atoms with Gasteiger partial charge in [0.25, 0.3) is 10.0 Å². The number of rotatable bonds is 3. The Balaban J connectivity index is 2.81. The summed E-state index contributed by atoms with van der Waals surface area (Å²) in [5, 5.41) is 0. The molecule has 1 N–H and O–H groups in total. The molecule has 0 aliphatic rings. The molecule has 1 amide bonds. The minimum absolute atomic E-state index is 0.0851. The van der Waals surface area contributed by atoms with E-state index in [1.807, 2.05) is 0 Å². The van der Waals surface area contributed by atoms with Gasteiger partial charge in [0.1, 0.15) is 4.90 Å². The molecule has 0 radical (unpaired) electrons. The highest BCUT2D eigenvalue weighted by Crippen LogP contribution is 2.05. The molecule has 1 aromatic rings. The number of carbonyl (C=O) groups excluding carboxylic acids is 1. The van der Waals surface area contributed by atoms with Gasteiger partial charge in [0, 0.05) is 12.4 Å². The summed E-state index contributed by atoms with van der Waals surface area (Å²) in [7, 11) is -3.87. The summed E-state index contributed by atoms with van der Waals surface area (Å²) < 4.78 is 29.1. The minimum Gasteiger partial charge on any atom is -0.449 e. The third kappa shape index (κ3) is 3.21. The maximum absolute atomic E-state index is 11.5. The van der Waals surface area contributed by atoms with Crippen molar-refractivity contribution in [3.05, 3.63) is 24.5 Å². The summed E-state index contributed by atoms with van der Waals surface area (Å²) in [5.41, 5.74) is 0. The topological polar surface area (TPSA) is 85.4 Å². The van der Waals surface area contributed by atoms with Gasteiger partial charge in [-0.15, -0.1) is 0 Å². The Kier molecular flexibility index (Phi) is 3.62. The van der Waals surface area contributed by atoms with Crippen LogP contribution in [0.3, 0.4) is 0 Å². The average Bonchev–Trinajstić information content (AvgIpc) is 2.18. The Bertz CT molecular complexity index is 429. The van der Waals surface area contributed by atoms with Crippen LogP contribution in [0.25, 0.3) is 0 Å². The molecule has 1 aromatic heterocycles. The van der Waals surface area contributed by atoms with Crippen LogP contribution in [-0.4, -0.2) is 26.1 Å². The zero-order chi connectivity index (χ0) is 11.3. The standard InChI is InChI=1S/C8H10N2O4S/c1-2-14-8(11)10-15(12,13)7-4-3-5-9-6-7/h3-6H,2H2,1H3,(H,10,11). The van der Waals surface area contributed by atoms with E-state index >= 15 is 0 Å². The molecule has 0 aliphatic carbocycles. The second-order valence-electron chi connectivity index (χ2n) is 2.51. The molecule has 0 aromatic carbocycles. The molecule has 6 nitrogen and oxygen atoms in total. The number of pyridine rings is 1. The average molecular weight is 230 g/mol. The van der Waals surface area contributed by atoms with Crippen molar-refractivity contribution in [1.29, 1.82) is 0 Å². The lowest BCUT2D eigenvalue weighted by atomic mass is 10.5. The largest absolute Gasteiger partial charge is 0.449 e. The van der Waals surface area contributed by atoms with Gasteiger partial charge in [-0.3, -0.25) is 4.98 Å². The van der Waals surface area contributed by atoms with Crippen molar-refractivity contribution < 1.29 is 17.9 Å². The van der Waals surface area contributed by atoms with E-state index < -0.39 is 16.1 Å². The van der Waals surface area contributed by atoms with Gasteiger partial charge in [-0.25, -0.2) is 17.9 Å². The quantitative estimate of drug-likeness (QED) is 0.818. The fourth-order valence-electron chi connectivity index (χ4n) is 0.835. The monoisotopic (exact) mass is 230 g/mol. The van der Waals surface area contributed by atoms with Crippen LogP contribution in [0.5, 0.6) is 0 Å². The van der Waals surface area contributed by atoms with Crippen LogP contribution in [0.15, 0.2) is 29.4 Å². The van der Waals surface area contributed by atoms with E-state index in [4.69, 9.17) is 0 Å². The van der Waals surface area contributed by atoms with Crippen molar-refractivity contribution in [3.63, 3.8) is 0 Å². The van der Waals surface area contributed by atoms with Crippen LogP contribution in [-0.2, 0) is 14.8 Å². The first-order valence-electron chi connectivity index (χ1n) is 4.16. The number of nitrogens with one attached hydrogen (secondary N) is 1. The Morgan fingerprint density at radius 1 is 1.60 bits per heavy atom. The van der Waals surface area contributed by atoms with E-state index in [0.717, 1.165) is 6.20 Å². The highest BCUT2D eigenvalue weighted by atomic mass is 32.2. The van der Waals surface area contributed by atoms with Gasteiger partial charge in [-0.05, 0) is 19.1 Å². The maximum atomic E-state index is 11.5. The molecule has 1 rings (SSSR count). The lowest BCUT2D eigenvalue weighted by molar-refractivity contribution is 0.158. The van der Waals surface area contributed by atoms with E-state index in [0.29, 0.717) is 0 Å². The summed E-state index contributed by atoms with van der Waals surface area (Å²) in [4.78, 5) is 14.4. The van der Waals surface area contributed by atoms with Gasteiger partial charge in [-0.2, -0.15) is 0 Å². The molecule has 15 heavy (non-hydrogen) atoms. The molecule has 1 heterocycles. The van der Waals surface area contributed by atoms with Crippen molar-refractivity contribution in [2.45, 2.75) is 11.8 Å². The summed E-state index contributed by atoms with van der Waals surface area (Å²) in [6.45, 7) is 1.69. The first-order valence-corrected chi connectivity index (χ1v) is 5.64. The van der Waals surface area contributed by atoms with Gasteiger partial charge < -0.3 is 4.74 Å². The first-order chi connectivity index (χ1) is 7.06. The Morgan fingerprint density at radius 3 is 2.87 bits per heavy atom. The van der Waals surface area contributed by atoms with Crippen LogP contribution in [0, 0.1) is 0 Å². The number of sulfonamides is 1.